The first kappa shape index (κ1) is 29.5. The summed E-state index contributed by atoms with van der Waals surface area (Å²) >= 11 is 0. The quantitative estimate of drug-likeness (QED) is 0.157. The van der Waals surface area contributed by atoms with Gasteiger partial charge in [0.1, 0.15) is 12.2 Å². The Kier molecular flexibility index (Phi) is 17.4. The fourth-order valence-electron chi connectivity index (χ4n) is 3.95. The van der Waals surface area contributed by atoms with Gasteiger partial charge in [-0.15, -0.1) is 0 Å². The van der Waals surface area contributed by atoms with Crippen LogP contribution in [0.25, 0.3) is 0 Å². The second-order valence-corrected chi connectivity index (χ2v) is 9.07. The van der Waals surface area contributed by atoms with Gasteiger partial charge in [-0.1, -0.05) is 83.3 Å². The minimum Gasteiger partial charge on any atom is -0.394 e. The molecule has 0 bridgehead atoms. The molecule has 0 aromatic heterocycles. The molecule has 0 aromatic rings. The van der Waals surface area contributed by atoms with Crippen LogP contribution < -0.4 is 0 Å². The number of allylic oxidation sites excluding steroid dienone is 1. The Bertz CT molecular complexity index is 460. The van der Waals surface area contributed by atoms with E-state index in [1.54, 1.807) is 6.08 Å². The average Bonchev–Trinajstić information content (AvgIpc) is 2.87. The Morgan fingerprint density at radius 2 is 1.50 bits per heavy atom. The van der Waals surface area contributed by atoms with Crippen LogP contribution >= 0.6 is 0 Å². The van der Waals surface area contributed by atoms with E-state index in [-0.39, 0.29) is 13.0 Å². The van der Waals surface area contributed by atoms with Crippen molar-refractivity contribution < 1.29 is 35.0 Å². The first-order chi connectivity index (χ1) is 15.5. The maximum Gasteiger partial charge on any atom is 0.186 e. The molecule has 1 heterocycles. The molecule has 0 saturated carbocycles. The number of unbranched alkanes of at least 4 members (excludes halogenated alkanes) is 11. The number of hydrogen-bond donors (Lipinski definition) is 5. The van der Waals surface area contributed by atoms with Crippen molar-refractivity contribution >= 4 is 0 Å². The van der Waals surface area contributed by atoms with Crippen molar-refractivity contribution in [2.45, 2.75) is 134 Å². The highest BCUT2D eigenvalue weighted by Gasteiger charge is 2.38. The molecular formula is C25H48O7. The third-order valence-electron chi connectivity index (χ3n) is 6.10. The van der Waals surface area contributed by atoms with Crippen LogP contribution in [0.1, 0.15) is 96.8 Å². The number of hydrogen-bond acceptors (Lipinski definition) is 7. The zero-order chi connectivity index (χ0) is 23.6. The topological polar surface area (TPSA) is 120 Å². The van der Waals surface area contributed by atoms with Gasteiger partial charge in [0, 0.05) is 12.8 Å². The maximum absolute atomic E-state index is 10.1. The Labute approximate surface area is 194 Å². The standard InChI is InChI=1S/C25H48O7/c1-2-3-4-5-6-7-8-9-10-11-12-13-14-15-20(27)16-17-31-25-24(30)22(29)18-21(28)23(19-26)32-25/h14-15,20-30H,2-13,16-19H2,1H3. The summed E-state index contributed by atoms with van der Waals surface area (Å²) in [5.74, 6) is 0. The zero-order valence-corrected chi connectivity index (χ0v) is 20.0. The Hall–Kier alpha value is -0.540. The Morgan fingerprint density at radius 3 is 2.09 bits per heavy atom. The number of aliphatic hydroxyl groups is 5. The summed E-state index contributed by atoms with van der Waals surface area (Å²) in [7, 11) is 0. The Morgan fingerprint density at radius 1 is 0.906 bits per heavy atom. The first-order valence-electron chi connectivity index (χ1n) is 12.8. The molecule has 7 nitrogen and oxygen atoms in total. The number of ether oxygens (including phenoxy) is 2. The van der Waals surface area contributed by atoms with E-state index in [4.69, 9.17) is 9.47 Å². The normalized spacial score (nSPS) is 27.6. The van der Waals surface area contributed by atoms with Crippen LogP contribution in [-0.2, 0) is 9.47 Å². The van der Waals surface area contributed by atoms with E-state index >= 15 is 0 Å². The summed E-state index contributed by atoms with van der Waals surface area (Å²) in [5, 5.41) is 49.2. The second kappa shape index (κ2) is 18.8. The SMILES string of the molecule is CCCCCCCCCCCCCC=CC(O)CCOC1OC(CO)C(O)CC(O)C1O. The molecule has 1 rings (SSSR count). The van der Waals surface area contributed by atoms with Crippen molar-refractivity contribution in [3.05, 3.63) is 12.2 Å². The highest BCUT2D eigenvalue weighted by Crippen LogP contribution is 2.21. The minimum atomic E-state index is -1.32. The summed E-state index contributed by atoms with van der Waals surface area (Å²) in [6, 6.07) is 0. The van der Waals surface area contributed by atoms with Gasteiger partial charge in [0.25, 0.3) is 0 Å². The lowest BCUT2D eigenvalue weighted by Crippen LogP contribution is -2.40. The van der Waals surface area contributed by atoms with Crippen molar-refractivity contribution in [1.29, 1.82) is 0 Å². The number of rotatable bonds is 18. The van der Waals surface area contributed by atoms with Crippen LogP contribution in [-0.4, -0.2) is 75.6 Å². The molecule has 1 fully saturated rings. The number of aliphatic hydroxyl groups excluding tert-OH is 5. The van der Waals surface area contributed by atoms with Crippen LogP contribution in [0.4, 0.5) is 0 Å². The summed E-state index contributed by atoms with van der Waals surface area (Å²) in [4.78, 5) is 0. The summed E-state index contributed by atoms with van der Waals surface area (Å²) in [6.45, 7) is 1.93. The fraction of sp³-hybridized carbons (Fsp3) is 0.920. The largest absolute Gasteiger partial charge is 0.394 e. The van der Waals surface area contributed by atoms with Crippen molar-refractivity contribution in [3.8, 4) is 0 Å². The van der Waals surface area contributed by atoms with Crippen molar-refractivity contribution in [2.75, 3.05) is 13.2 Å². The molecule has 0 amide bonds. The smallest absolute Gasteiger partial charge is 0.186 e. The lowest BCUT2D eigenvalue weighted by molar-refractivity contribution is -0.234. The van der Waals surface area contributed by atoms with Gasteiger partial charge < -0.3 is 35.0 Å². The average molecular weight is 461 g/mol. The molecule has 6 unspecified atom stereocenters. The van der Waals surface area contributed by atoms with E-state index in [0.717, 1.165) is 12.8 Å². The van der Waals surface area contributed by atoms with Crippen LogP contribution in [0, 0.1) is 0 Å². The van der Waals surface area contributed by atoms with E-state index < -0.39 is 43.4 Å². The third kappa shape index (κ3) is 13.2. The molecule has 0 radical (unpaired) electrons. The lowest BCUT2D eigenvalue weighted by Gasteiger charge is -2.25. The maximum atomic E-state index is 10.1. The van der Waals surface area contributed by atoms with E-state index in [0.29, 0.717) is 6.42 Å². The predicted octanol–water partition coefficient (Wildman–Crippen LogP) is 3.20. The Balaban J connectivity index is 2.06. The molecule has 0 spiro atoms. The van der Waals surface area contributed by atoms with E-state index in [1.807, 2.05) is 6.08 Å². The van der Waals surface area contributed by atoms with Crippen molar-refractivity contribution in [3.63, 3.8) is 0 Å². The molecule has 7 heteroatoms. The van der Waals surface area contributed by atoms with Gasteiger partial charge in [-0.05, 0) is 12.8 Å². The summed E-state index contributed by atoms with van der Waals surface area (Å²) in [6.07, 6.45) is 13.0. The summed E-state index contributed by atoms with van der Waals surface area (Å²) in [5.41, 5.74) is 0. The van der Waals surface area contributed by atoms with Gasteiger partial charge in [-0.3, -0.25) is 0 Å². The van der Waals surface area contributed by atoms with Gasteiger partial charge in [-0.25, -0.2) is 0 Å². The van der Waals surface area contributed by atoms with Gasteiger partial charge in [0.05, 0.1) is 31.5 Å². The molecule has 1 saturated heterocycles. The van der Waals surface area contributed by atoms with Crippen molar-refractivity contribution in [2.24, 2.45) is 0 Å². The molecule has 5 N–H and O–H groups in total. The fourth-order valence-corrected chi connectivity index (χ4v) is 3.95. The molecular weight excluding hydrogens is 412 g/mol. The minimum absolute atomic E-state index is 0.101. The molecule has 190 valence electrons. The van der Waals surface area contributed by atoms with Crippen LogP contribution in [0.2, 0.25) is 0 Å². The predicted molar refractivity (Wildman–Crippen MR) is 125 cm³/mol. The van der Waals surface area contributed by atoms with E-state index in [9.17, 15) is 25.5 Å². The molecule has 32 heavy (non-hydrogen) atoms. The van der Waals surface area contributed by atoms with Crippen molar-refractivity contribution in [1.82, 2.24) is 0 Å². The molecule has 6 atom stereocenters. The molecule has 0 aromatic carbocycles. The lowest BCUT2D eigenvalue weighted by atomic mass is 10.1. The van der Waals surface area contributed by atoms with Gasteiger partial charge in [-0.2, -0.15) is 0 Å². The van der Waals surface area contributed by atoms with Gasteiger partial charge >= 0.3 is 0 Å². The molecule has 1 aliphatic rings. The zero-order valence-electron chi connectivity index (χ0n) is 20.0. The highest BCUT2D eigenvalue weighted by molar-refractivity contribution is 4.88. The highest BCUT2D eigenvalue weighted by atomic mass is 16.7. The summed E-state index contributed by atoms with van der Waals surface area (Å²) < 4.78 is 10.9. The first-order valence-corrected chi connectivity index (χ1v) is 12.8. The van der Waals surface area contributed by atoms with Gasteiger partial charge in [0.15, 0.2) is 6.29 Å². The van der Waals surface area contributed by atoms with Crippen LogP contribution in [0.15, 0.2) is 12.2 Å². The third-order valence-corrected chi connectivity index (χ3v) is 6.10. The van der Waals surface area contributed by atoms with E-state index in [2.05, 4.69) is 6.92 Å². The second-order valence-electron chi connectivity index (χ2n) is 9.07. The molecule has 0 aliphatic carbocycles. The molecule has 1 aliphatic heterocycles. The van der Waals surface area contributed by atoms with Gasteiger partial charge in [0.2, 0.25) is 0 Å². The van der Waals surface area contributed by atoms with E-state index in [1.165, 1.54) is 64.2 Å². The van der Waals surface area contributed by atoms with Crippen LogP contribution in [0.3, 0.4) is 0 Å². The monoisotopic (exact) mass is 460 g/mol. The van der Waals surface area contributed by atoms with Crippen LogP contribution in [0.5, 0.6) is 0 Å².